The van der Waals surface area contributed by atoms with E-state index < -0.39 is 0 Å². The predicted octanol–water partition coefficient (Wildman–Crippen LogP) is 5.14. The van der Waals surface area contributed by atoms with E-state index in [1.54, 1.807) is 12.4 Å². The van der Waals surface area contributed by atoms with Crippen LogP contribution in [0.5, 0.6) is 0 Å². The Labute approximate surface area is 185 Å². The van der Waals surface area contributed by atoms with E-state index in [2.05, 4.69) is 77.4 Å². The van der Waals surface area contributed by atoms with Gasteiger partial charge in [-0.3, -0.25) is 10.1 Å². The average Bonchev–Trinajstić information content (AvgIpc) is 3.20. The molecule has 30 heavy (non-hydrogen) atoms. The van der Waals surface area contributed by atoms with Crippen molar-refractivity contribution >= 4 is 46.4 Å². The number of aromatic amines is 1. The van der Waals surface area contributed by atoms with Crippen molar-refractivity contribution in [3.8, 4) is 0 Å². The van der Waals surface area contributed by atoms with E-state index >= 15 is 0 Å². The molecule has 0 fully saturated rings. The largest absolute Gasteiger partial charge is 0.361 e. The number of aromatic nitrogens is 4. The number of hydrogen-bond acceptors (Lipinski definition) is 8. The first-order valence-electron chi connectivity index (χ1n) is 9.51. The molecule has 0 radical (unpaired) electrons. The maximum absolute atomic E-state index is 5.25. The smallest absolute Gasteiger partial charge is 0.225 e. The minimum atomic E-state index is 0.340. The Bertz CT molecular complexity index is 933. The van der Waals surface area contributed by atoms with E-state index in [-0.39, 0.29) is 0 Å². The molecule has 160 valence electrons. The highest BCUT2D eigenvalue weighted by Crippen LogP contribution is 2.25. The number of aliphatic imine (C=N–C) groups is 1. The molecule has 0 spiro atoms. The normalized spacial score (nSPS) is 12.5. The van der Waals surface area contributed by atoms with E-state index in [4.69, 9.17) is 4.84 Å². The van der Waals surface area contributed by atoms with Gasteiger partial charge in [0.2, 0.25) is 5.95 Å². The van der Waals surface area contributed by atoms with Gasteiger partial charge in [-0.1, -0.05) is 25.1 Å². The first kappa shape index (κ1) is 23.3. The lowest BCUT2D eigenvalue weighted by atomic mass is 10.1. The molecule has 0 amide bonds. The number of halogens is 1. The molecule has 0 saturated heterocycles. The number of oxime groups is 1. The number of rotatable bonds is 11. The summed E-state index contributed by atoms with van der Waals surface area (Å²) in [6.07, 6.45) is 7.86. The van der Waals surface area contributed by atoms with Crippen LogP contribution in [0.1, 0.15) is 45.7 Å². The van der Waals surface area contributed by atoms with Gasteiger partial charge in [-0.05, 0) is 41.8 Å². The number of nitrogens with one attached hydrogen (secondary N) is 3. The molecule has 9 nitrogen and oxygen atoms in total. The Balaban J connectivity index is 2.07. The van der Waals surface area contributed by atoms with Crippen LogP contribution in [-0.4, -0.2) is 39.6 Å². The molecule has 3 N–H and O–H groups in total. The van der Waals surface area contributed by atoms with Crippen LogP contribution in [0.2, 0.25) is 0 Å². The molecule has 2 rings (SSSR count). The van der Waals surface area contributed by atoms with E-state index in [9.17, 15) is 0 Å². The second kappa shape index (κ2) is 11.9. The lowest BCUT2D eigenvalue weighted by molar-refractivity contribution is 0.228. The second-order valence-electron chi connectivity index (χ2n) is 6.49. The zero-order chi connectivity index (χ0) is 21.9. The Hall–Kier alpha value is -3.01. The summed E-state index contributed by atoms with van der Waals surface area (Å²) in [4.78, 5) is 18.3. The zero-order valence-corrected chi connectivity index (χ0v) is 19.2. The Morgan fingerprint density at radius 1 is 1.40 bits per heavy atom. The van der Waals surface area contributed by atoms with Crippen LogP contribution in [0.3, 0.4) is 0 Å². The van der Waals surface area contributed by atoms with Crippen LogP contribution in [0, 0.1) is 0 Å². The van der Waals surface area contributed by atoms with Crippen LogP contribution in [0.15, 0.2) is 50.5 Å². The fourth-order valence-corrected chi connectivity index (χ4v) is 2.67. The van der Waals surface area contributed by atoms with Crippen molar-refractivity contribution in [2.24, 2.45) is 10.1 Å². The summed E-state index contributed by atoms with van der Waals surface area (Å²) < 4.78 is 0.720. The second-order valence-corrected chi connectivity index (χ2v) is 7.35. The van der Waals surface area contributed by atoms with Gasteiger partial charge in [0.25, 0.3) is 0 Å². The van der Waals surface area contributed by atoms with Crippen molar-refractivity contribution in [2.75, 3.05) is 17.2 Å². The van der Waals surface area contributed by atoms with Crippen LogP contribution in [-0.2, 0) is 4.84 Å². The fraction of sp³-hybridized carbons (Fsp3) is 0.350. The number of H-pyrrole nitrogens is 1. The van der Waals surface area contributed by atoms with Gasteiger partial charge in [0.15, 0.2) is 17.4 Å². The number of hydrogen-bond donors (Lipinski definition) is 3. The SMILES string of the molecule is C=NO/C(=C\CC(=C/C)/N=C\C)CNc1ncc(Br)c(Nc2cc(C(C)C)[nH]n2)n1. The lowest BCUT2D eigenvalue weighted by Crippen LogP contribution is -2.10. The molecule has 0 atom stereocenters. The number of allylic oxidation sites excluding steroid dienone is 2. The Kier molecular flexibility index (Phi) is 9.20. The minimum Gasteiger partial charge on any atom is -0.361 e. The van der Waals surface area contributed by atoms with E-state index in [1.165, 1.54) is 0 Å². The van der Waals surface area contributed by atoms with Gasteiger partial charge >= 0.3 is 0 Å². The van der Waals surface area contributed by atoms with Crippen molar-refractivity contribution in [1.29, 1.82) is 0 Å². The summed E-state index contributed by atoms with van der Waals surface area (Å²) in [6, 6.07) is 1.95. The number of anilines is 3. The van der Waals surface area contributed by atoms with E-state index in [1.807, 2.05) is 32.1 Å². The zero-order valence-electron chi connectivity index (χ0n) is 17.6. The highest BCUT2D eigenvalue weighted by molar-refractivity contribution is 9.10. The van der Waals surface area contributed by atoms with Crippen LogP contribution >= 0.6 is 15.9 Å². The fourth-order valence-electron chi connectivity index (χ4n) is 2.38. The lowest BCUT2D eigenvalue weighted by Gasteiger charge is -2.10. The maximum atomic E-state index is 5.25. The molecule has 0 aliphatic heterocycles. The topological polar surface area (TPSA) is 112 Å². The highest BCUT2D eigenvalue weighted by Gasteiger charge is 2.10. The van der Waals surface area contributed by atoms with E-state index in [0.717, 1.165) is 15.9 Å². The summed E-state index contributed by atoms with van der Waals surface area (Å²) in [7, 11) is 0. The van der Waals surface area contributed by atoms with Crippen molar-refractivity contribution < 1.29 is 4.84 Å². The van der Waals surface area contributed by atoms with Crippen molar-refractivity contribution in [3.63, 3.8) is 0 Å². The van der Waals surface area contributed by atoms with Gasteiger partial charge in [0.05, 0.1) is 11.0 Å². The van der Waals surface area contributed by atoms with Crippen LogP contribution < -0.4 is 10.6 Å². The van der Waals surface area contributed by atoms with Crippen LogP contribution in [0.25, 0.3) is 0 Å². The van der Waals surface area contributed by atoms with Crippen molar-refractivity contribution in [1.82, 2.24) is 20.2 Å². The molecule has 2 heterocycles. The molecular formula is C20H27BrN8O. The molecule has 0 aliphatic rings. The van der Waals surface area contributed by atoms with Gasteiger partial charge in [-0.15, -0.1) is 0 Å². The average molecular weight is 475 g/mol. The molecule has 0 bridgehead atoms. The summed E-state index contributed by atoms with van der Waals surface area (Å²) >= 11 is 3.46. The standard InChI is InChI=1S/C20H27BrN8O/c1-6-14(23-7-2)8-9-15(30-22-5)11-24-20-25-12-16(21)19(27-20)26-18-10-17(13(3)4)28-29-18/h6-7,9-10,12-13H,5,8,11H2,1-4H3,(H3,24,25,26,27,28,29)/b14-6-,15-9-,23-7-. The Morgan fingerprint density at radius 3 is 2.83 bits per heavy atom. The summed E-state index contributed by atoms with van der Waals surface area (Å²) in [5.41, 5.74) is 1.96. The molecule has 2 aromatic rings. The summed E-state index contributed by atoms with van der Waals surface area (Å²) in [5.74, 6) is 2.64. The third-order valence-electron chi connectivity index (χ3n) is 3.98. The quantitative estimate of drug-likeness (QED) is 0.236. The maximum Gasteiger partial charge on any atom is 0.225 e. The monoisotopic (exact) mass is 474 g/mol. The van der Waals surface area contributed by atoms with Gasteiger partial charge in [-0.2, -0.15) is 10.1 Å². The summed E-state index contributed by atoms with van der Waals surface area (Å²) in [6.45, 7) is 11.7. The highest BCUT2D eigenvalue weighted by atomic mass is 79.9. The molecule has 0 saturated carbocycles. The molecule has 0 aromatic carbocycles. The van der Waals surface area contributed by atoms with Gasteiger partial charge in [0, 0.05) is 43.0 Å². The molecular weight excluding hydrogens is 448 g/mol. The molecule has 2 aromatic heterocycles. The molecule has 0 aliphatic carbocycles. The third-order valence-corrected chi connectivity index (χ3v) is 4.56. The van der Waals surface area contributed by atoms with E-state index in [0.29, 0.717) is 42.2 Å². The molecule has 10 heteroatoms. The first-order valence-corrected chi connectivity index (χ1v) is 10.3. The summed E-state index contributed by atoms with van der Waals surface area (Å²) in [5, 5.41) is 17.1. The van der Waals surface area contributed by atoms with Crippen molar-refractivity contribution in [3.05, 3.63) is 46.0 Å². The third kappa shape index (κ3) is 7.11. The minimum absolute atomic E-state index is 0.340. The van der Waals surface area contributed by atoms with Gasteiger partial charge in [-0.25, -0.2) is 4.98 Å². The Morgan fingerprint density at radius 2 is 2.20 bits per heavy atom. The van der Waals surface area contributed by atoms with Crippen molar-refractivity contribution in [2.45, 2.75) is 40.0 Å². The van der Waals surface area contributed by atoms with Gasteiger partial charge < -0.3 is 15.5 Å². The first-order chi connectivity index (χ1) is 14.5. The molecule has 0 unspecified atom stereocenters. The predicted molar refractivity (Wildman–Crippen MR) is 125 cm³/mol. The van der Waals surface area contributed by atoms with Crippen LogP contribution in [0.4, 0.5) is 17.6 Å². The van der Waals surface area contributed by atoms with Gasteiger partial charge in [0.1, 0.15) is 0 Å². The number of nitrogens with zero attached hydrogens (tertiary/aromatic N) is 5.